The fourth-order valence-corrected chi connectivity index (χ4v) is 0.889. The minimum Gasteiger partial charge on any atom is -0.198 e. The van der Waals surface area contributed by atoms with E-state index in [1.165, 1.54) is 12.8 Å². The third-order valence-electron chi connectivity index (χ3n) is 1.96. The lowest BCUT2D eigenvalue weighted by Crippen LogP contribution is -2.05. The number of hydrogen-bond donors (Lipinski definition) is 0. The molecule has 1 heteroatoms. The van der Waals surface area contributed by atoms with E-state index in [1.807, 2.05) is 13.8 Å². The molecule has 0 amide bonds. The fourth-order valence-electron chi connectivity index (χ4n) is 0.889. The summed E-state index contributed by atoms with van der Waals surface area (Å²) in [4.78, 5) is 0. The molecular weight excluding hydrogens is 134 g/mol. The molecule has 0 unspecified atom stereocenters. The van der Waals surface area contributed by atoms with Crippen molar-refractivity contribution in [3.8, 4) is 6.07 Å². The van der Waals surface area contributed by atoms with Crippen LogP contribution in [-0.4, -0.2) is 0 Å². The maximum absolute atomic E-state index is 8.69. The Hall–Kier alpha value is -0.770. The molecule has 11 heavy (non-hydrogen) atoms. The van der Waals surface area contributed by atoms with Gasteiger partial charge in [0.05, 0.1) is 11.5 Å². The number of nitriles is 1. The molecule has 0 aliphatic heterocycles. The number of rotatable bonds is 3. The van der Waals surface area contributed by atoms with Crippen LogP contribution in [0.15, 0.2) is 12.2 Å². The zero-order valence-electron chi connectivity index (χ0n) is 7.30. The highest BCUT2D eigenvalue weighted by Gasteiger charge is 2.18. The van der Waals surface area contributed by atoms with Gasteiger partial charge in [0.15, 0.2) is 0 Å². The van der Waals surface area contributed by atoms with E-state index in [0.717, 1.165) is 12.3 Å². The van der Waals surface area contributed by atoms with Gasteiger partial charge >= 0.3 is 0 Å². The molecule has 0 radical (unpaired) electrons. The van der Waals surface area contributed by atoms with E-state index < -0.39 is 0 Å². The van der Waals surface area contributed by atoms with E-state index in [-0.39, 0.29) is 5.41 Å². The fraction of sp³-hybridized carbons (Fsp3) is 0.700. The zero-order chi connectivity index (χ0) is 8.32. The van der Waals surface area contributed by atoms with Crippen molar-refractivity contribution < 1.29 is 0 Å². The largest absolute Gasteiger partial charge is 0.198 e. The van der Waals surface area contributed by atoms with Gasteiger partial charge in [-0.05, 0) is 39.0 Å². The van der Waals surface area contributed by atoms with Crippen LogP contribution >= 0.6 is 0 Å². The second-order valence-electron chi connectivity index (χ2n) is 3.97. The number of hydrogen-bond acceptors (Lipinski definition) is 1. The molecule has 0 saturated heterocycles. The summed E-state index contributed by atoms with van der Waals surface area (Å²) in [5.74, 6) is 0.837. The van der Waals surface area contributed by atoms with Crippen LogP contribution in [0.4, 0.5) is 0 Å². The first-order chi connectivity index (χ1) is 5.14. The molecule has 1 fully saturated rings. The SMILES string of the molecule is CC(C)(C#N)C/C=C/C1CC1. The molecule has 0 aromatic heterocycles. The number of nitrogens with zero attached hydrogens (tertiary/aromatic N) is 1. The molecule has 0 atom stereocenters. The molecule has 1 saturated carbocycles. The summed E-state index contributed by atoms with van der Waals surface area (Å²) in [6.45, 7) is 3.95. The van der Waals surface area contributed by atoms with Gasteiger partial charge in [-0.1, -0.05) is 12.2 Å². The normalized spacial score (nSPS) is 18.6. The Morgan fingerprint density at radius 1 is 1.55 bits per heavy atom. The van der Waals surface area contributed by atoms with Crippen LogP contribution in [0.25, 0.3) is 0 Å². The van der Waals surface area contributed by atoms with E-state index in [9.17, 15) is 0 Å². The second kappa shape index (κ2) is 3.09. The lowest BCUT2D eigenvalue weighted by Gasteiger charge is -2.10. The Morgan fingerprint density at radius 3 is 2.64 bits per heavy atom. The third-order valence-corrected chi connectivity index (χ3v) is 1.96. The molecule has 1 aliphatic carbocycles. The van der Waals surface area contributed by atoms with E-state index in [1.54, 1.807) is 0 Å². The van der Waals surface area contributed by atoms with Gasteiger partial charge in [0.25, 0.3) is 0 Å². The average molecular weight is 149 g/mol. The van der Waals surface area contributed by atoms with Crippen molar-refractivity contribution in [2.24, 2.45) is 11.3 Å². The molecule has 0 aromatic rings. The summed E-state index contributed by atoms with van der Waals surface area (Å²) in [7, 11) is 0. The van der Waals surface area contributed by atoms with Gasteiger partial charge in [-0.15, -0.1) is 0 Å². The Bertz CT molecular complexity index is 191. The summed E-state index contributed by atoms with van der Waals surface area (Å²) < 4.78 is 0. The van der Waals surface area contributed by atoms with Crippen LogP contribution in [0.3, 0.4) is 0 Å². The monoisotopic (exact) mass is 149 g/mol. The third kappa shape index (κ3) is 3.23. The molecule has 60 valence electrons. The van der Waals surface area contributed by atoms with Crippen LogP contribution in [0.5, 0.6) is 0 Å². The van der Waals surface area contributed by atoms with E-state index in [4.69, 9.17) is 5.26 Å². The maximum Gasteiger partial charge on any atom is 0.0687 e. The summed E-state index contributed by atoms with van der Waals surface area (Å²) in [5.41, 5.74) is -0.175. The van der Waals surface area contributed by atoms with Crippen LogP contribution < -0.4 is 0 Å². The topological polar surface area (TPSA) is 23.8 Å². The Balaban J connectivity index is 2.25. The smallest absolute Gasteiger partial charge is 0.0687 e. The van der Waals surface area contributed by atoms with Crippen molar-refractivity contribution in [1.82, 2.24) is 0 Å². The van der Waals surface area contributed by atoms with Gasteiger partial charge in [-0.25, -0.2) is 0 Å². The quantitative estimate of drug-likeness (QED) is 0.566. The standard InChI is InChI=1S/C10H15N/c1-10(2,8-11)7-3-4-9-5-6-9/h3-4,9H,5-7H2,1-2H3/b4-3+. The summed E-state index contributed by atoms with van der Waals surface area (Å²) in [5, 5.41) is 8.69. The van der Waals surface area contributed by atoms with E-state index in [0.29, 0.717) is 0 Å². The van der Waals surface area contributed by atoms with Crippen LogP contribution in [-0.2, 0) is 0 Å². The molecule has 1 rings (SSSR count). The molecule has 0 aromatic carbocycles. The molecule has 1 aliphatic rings. The van der Waals surface area contributed by atoms with Gasteiger partial charge < -0.3 is 0 Å². The predicted molar refractivity (Wildman–Crippen MR) is 45.9 cm³/mol. The minimum atomic E-state index is -0.175. The lowest BCUT2D eigenvalue weighted by atomic mass is 9.91. The van der Waals surface area contributed by atoms with Gasteiger partial charge in [0, 0.05) is 0 Å². The summed E-state index contributed by atoms with van der Waals surface area (Å²) in [6, 6.07) is 2.28. The molecular formula is C10H15N. The van der Waals surface area contributed by atoms with E-state index in [2.05, 4.69) is 18.2 Å². The Labute approximate surface area is 68.7 Å². The second-order valence-corrected chi connectivity index (χ2v) is 3.97. The van der Waals surface area contributed by atoms with Gasteiger partial charge in [0.2, 0.25) is 0 Å². The summed E-state index contributed by atoms with van der Waals surface area (Å²) in [6.07, 6.45) is 7.99. The van der Waals surface area contributed by atoms with Gasteiger partial charge in [0.1, 0.15) is 0 Å². The maximum atomic E-state index is 8.69. The van der Waals surface area contributed by atoms with Crippen LogP contribution in [0.2, 0.25) is 0 Å². The van der Waals surface area contributed by atoms with Gasteiger partial charge in [-0.2, -0.15) is 5.26 Å². The predicted octanol–water partition coefficient (Wildman–Crippen LogP) is 2.89. The molecule has 0 bridgehead atoms. The average Bonchev–Trinajstić information content (AvgIpc) is 2.71. The highest BCUT2D eigenvalue weighted by atomic mass is 14.3. The highest BCUT2D eigenvalue weighted by Crippen LogP contribution is 2.31. The van der Waals surface area contributed by atoms with Crippen molar-refractivity contribution >= 4 is 0 Å². The van der Waals surface area contributed by atoms with E-state index >= 15 is 0 Å². The minimum absolute atomic E-state index is 0.175. The first-order valence-electron chi connectivity index (χ1n) is 4.22. The highest BCUT2D eigenvalue weighted by molar-refractivity contribution is 5.02. The Kier molecular flexibility index (Phi) is 2.34. The zero-order valence-corrected chi connectivity index (χ0v) is 7.30. The van der Waals surface area contributed by atoms with Crippen LogP contribution in [0, 0.1) is 22.7 Å². The van der Waals surface area contributed by atoms with Crippen molar-refractivity contribution in [2.75, 3.05) is 0 Å². The van der Waals surface area contributed by atoms with Crippen molar-refractivity contribution in [2.45, 2.75) is 33.1 Å². The van der Waals surface area contributed by atoms with Crippen molar-refractivity contribution in [3.63, 3.8) is 0 Å². The van der Waals surface area contributed by atoms with Crippen LogP contribution in [0.1, 0.15) is 33.1 Å². The van der Waals surface area contributed by atoms with Gasteiger partial charge in [-0.3, -0.25) is 0 Å². The Morgan fingerprint density at radius 2 is 2.18 bits per heavy atom. The molecule has 1 nitrogen and oxygen atoms in total. The summed E-state index contributed by atoms with van der Waals surface area (Å²) >= 11 is 0. The molecule has 0 heterocycles. The first kappa shape index (κ1) is 8.33. The molecule has 0 spiro atoms. The van der Waals surface area contributed by atoms with Crippen molar-refractivity contribution in [3.05, 3.63) is 12.2 Å². The molecule has 0 N–H and O–H groups in total. The van der Waals surface area contributed by atoms with Crippen molar-refractivity contribution in [1.29, 1.82) is 5.26 Å². The lowest BCUT2D eigenvalue weighted by molar-refractivity contribution is 0.504. The first-order valence-corrected chi connectivity index (χ1v) is 4.22. The number of allylic oxidation sites excluding steroid dienone is 2.